The molecule has 2 amide bonds. The van der Waals surface area contributed by atoms with Gasteiger partial charge in [0.15, 0.2) is 17.2 Å². The number of nitrogens with one attached hydrogen (secondary N) is 2. The number of aryl methyl sites for hydroxylation is 1. The van der Waals surface area contributed by atoms with Crippen LogP contribution in [0.25, 0.3) is 0 Å². The van der Waals surface area contributed by atoms with Crippen LogP contribution in [0, 0.1) is 0 Å². The van der Waals surface area contributed by atoms with Gasteiger partial charge >= 0.3 is 0 Å². The summed E-state index contributed by atoms with van der Waals surface area (Å²) < 4.78 is 12.1. The van der Waals surface area contributed by atoms with Gasteiger partial charge in [-0.3, -0.25) is 14.3 Å². The van der Waals surface area contributed by atoms with Crippen molar-refractivity contribution in [3.05, 3.63) is 70.4 Å². The van der Waals surface area contributed by atoms with E-state index in [1.165, 1.54) is 10.7 Å². The number of halogens is 1. The van der Waals surface area contributed by atoms with E-state index in [4.69, 9.17) is 21.1 Å². The number of ether oxygens (including phenoxy) is 2. The fraction of sp³-hybridized carbons (Fsp3) is 0.190. The number of aromatic nitrogens is 2. The van der Waals surface area contributed by atoms with E-state index in [-0.39, 0.29) is 24.3 Å². The summed E-state index contributed by atoms with van der Waals surface area (Å²) in [7, 11) is 1.64. The molecule has 8 nitrogen and oxygen atoms in total. The standard InChI is InChI=1S/C21H19ClN4O4/c1-26-19(24-20(27)14-4-2-3-5-15(14)22)11-16(25-26)21(28)23-9-8-13-6-7-17-18(10-13)30-12-29-17/h2-7,10-11H,8-9,12H2,1H3,(H,23,28)(H,24,27). The first-order valence-electron chi connectivity index (χ1n) is 9.28. The minimum Gasteiger partial charge on any atom is -0.454 e. The van der Waals surface area contributed by atoms with Crippen molar-refractivity contribution >= 4 is 29.2 Å². The van der Waals surface area contributed by atoms with Crippen LogP contribution in [-0.2, 0) is 13.5 Å². The molecular weight excluding hydrogens is 408 g/mol. The average molecular weight is 427 g/mol. The molecule has 4 rings (SSSR count). The Hall–Kier alpha value is -3.52. The molecule has 2 heterocycles. The van der Waals surface area contributed by atoms with Gasteiger partial charge in [0.1, 0.15) is 5.82 Å². The molecule has 0 bridgehead atoms. The summed E-state index contributed by atoms with van der Waals surface area (Å²) in [4.78, 5) is 24.9. The maximum atomic E-state index is 12.4. The second-order valence-electron chi connectivity index (χ2n) is 6.67. The molecule has 1 aliphatic rings. The van der Waals surface area contributed by atoms with E-state index in [1.807, 2.05) is 18.2 Å². The number of benzene rings is 2. The van der Waals surface area contributed by atoms with Crippen LogP contribution in [0.3, 0.4) is 0 Å². The Bertz CT molecular complexity index is 1110. The number of nitrogens with zero attached hydrogens (tertiary/aromatic N) is 2. The Kier molecular flexibility index (Phi) is 5.58. The molecule has 1 aliphatic heterocycles. The number of carbonyl (C=O) groups excluding carboxylic acids is 2. The topological polar surface area (TPSA) is 94.5 Å². The van der Waals surface area contributed by atoms with Crippen LogP contribution >= 0.6 is 11.6 Å². The molecule has 3 aromatic rings. The molecule has 2 N–H and O–H groups in total. The molecule has 0 aliphatic carbocycles. The fourth-order valence-electron chi connectivity index (χ4n) is 3.03. The third kappa shape index (κ3) is 4.23. The van der Waals surface area contributed by atoms with Gasteiger partial charge in [-0.05, 0) is 36.2 Å². The van der Waals surface area contributed by atoms with E-state index in [2.05, 4.69) is 15.7 Å². The Morgan fingerprint density at radius 2 is 1.90 bits per heavy atom. The lowest BCUT2D eigenvalue weighted by Crippen LogP contribution is -2.26. The molecule has 154 valence electrons. The van der Waals surface area contributed by atoms with Crippen molar-refractivity contribution in [2.45, 2.75) is 6.42 Å². The number of hydrogen-bond acceptors (Lipinski definition) is 5. The van der Waals surface area contributed by atoms with Gasteiger partial charge in [-0.15, -0.1) is 0 Å². The first-order valence-corrected chi connectivity index (χ1v) is 9.66. The normalized spacial score (nSPS) is 11.9. The lowest BCUT2D eigenvalue weighted by molar-refractivity contribution is 0.0947. The van der Waals surface area contributed by atoms with Gasteiger partial charge in [-0.1, -0.05) is 29.8 Å². The van der Waals surface area contributed by atoms with Crippen LogP contribution < -0.4 is 20.1 Å². The van der Waals surface area contributed by atoms with Gasteiger partial charge in [-0.25, -0.2) is 0 Å². The van der Waals surface area contributed by atoms with Crippen LogP contribution in [0.15, 0.2) is 48.5 Å². The second kappa shape index (κ2) is 8.46. The molecule has 30 heavy (non-hydrogen) atoms. The molecule has 0 radical (unpaired) electrons. The van der Waals surface area contributed by atoms with Crippen LogP contribution in [0.2, 0.25) is 5.02 Å². The fourth-order valence-corrected chi connectivity index (χ4v) is 3.25. The highest BCUT2D eigenvalue weighted by atomic mass is 35.5. The zero-order valence-electron chi connectivity index (χ0n) is 16.1. The van der Waals surface area contributed by atoms with Crippen molar-refractivity contribution in [1.29, 1.82) is 0 Å². The lowest BCUT2D eigenvalue weighted by atomic mass is 10.1. The summed E-state index contributed by atoms with van der Waals surface area (Å²) in [5.41, 5.74) is 1.57. The smallest absolute Gasteiger partial charge is 0.271 e. The zero-order chi connectivity index (χ0) is 21.1. The maximum Gasteiger partial charge on any atom is 0.271 e. The monoisotopic (exact) mass is 426 g/mol. The summed E-state index contributed by atoms with van der Waals surface area (Å²) >= 11 is 6.06. The van der Waals surface area contributed by atoms with Crippen molar-refractivity contribution in [3.63, 3.8) is 0 Å². The van der Waals surface area contributed by atoms with Gasteiger partial charge in [0, 0.05) is 19.7 Å². The molecule has 1 aromatic heterocycles. The van der Waals surface area contributed by atoms with Crippen molar-refractivity contribution in [2.24, 2.45) is 7.05 Å². The third-order valence-corrected chi connectivity index (χ3v) is 4.94. The summed E-state index contributed by atoms with van der Waals surface area (Å²) in [6.45, 7) is 0.654. The van der Waals surface area contributed by atoms with Gasteiger partial charge < -0.3 is 20.1 Å². The van der Waals surface area contributed by atoms with Gasteiger partial charge in [0.05, 0.1) is 10.6 Å². The van der Waals surface area contributed by atoms with Crippen molar-refractivity contribution in [3.8, 4) is 11.5 Å². The lowest BCUT2D eigenvalue weighted by Gasteiger charge is -2.06. The highest BCUT2D eigenvalue weighted by Gasteiger charge is 2.17. The van der Waals surface area contributed by atoms with E-state index < -0.39 is 0 Å². The number of amides is 2. The van der Waals surface area contributed by atoms with Crippen molar-refractivity contribution in [2.75, 3.05) is 18.7 Å². The summed E-state index contributed by atoms with van der Waals surface area (Å²) in [5.74, 6) is 1.12. The summed E-state index contributed by atoms with van der Waals surface area (Å²) in [6, 6.07) is 13.9. The second-order valence-corrected chi connectivity index (χ2v) is 7.07. The van der Waals surface area contributed by atoms with Crippen LogP contribution in [0.1, 0.15) is 26.4 Å². The van der Waals surface area contributed by atoms with Crippen LogP contribution in [-0.4, -0.2) is 34.9 Å². The van der Waals surface area contributed by atoms with E-state index in [1.54, 1.807) is 31.3 Å². The Balaban J connectivity index is 1.35. The van der Waals surface area contributed by atoms with Crippen molar-refractivity contribution < 1.29 is 19.1 Å². The van der Waals surface area contributed by atoms with Crippen LogP contribution in [0.5, 0.6) is 11.5 Å². The summed E-state index contributed by atoms with van der Waals surface area (Å²) in [6.07, 6.45) is 0.630. The number of rotatable bonds is 6. The summed E-state index contributed by atoms with van der Waals surface area (Å²) in [5, 5.41) is 10.1. The minimum absolute atomic E-state index is 0.206. The predicted molar refractivity (Wildman–Crippen MR) is 111 cm³/mol. The molecule has 0 atom stereocenters. The molecule has 2 aromatic carbocycles. The number of fused-ring (bicyclic) bond motifs is 1. The molecule has 0 unspecified atom stereocenters. The average Bonchev–Trinajstić information content (AvgIpc) is 3.34. The first-order chi connectivity index (χ1) is 14.5. The molecule has 0 spiro atoms. The molecule has 9 heteroatoms. The maximum absolute atomic E-state index is 12.4. The Morgan fingerprint density at radius 3 is 2.73 bits per heavy atom. The van der Waals surface area contributed by atoms with Crippen molar-refractivity contribution in [1.82, 2.24) is 15.1 Å². The Labute approximate surface area is 177 Å². The molecular formula is C21H19ClN4O4. The van der Waals surface area contributed by atoms with Gasteiger partial charge in [-0.2, -0.15) is 5.10 Å². The SMILES string of the molecule is Cn1nc(C(=O)NCCc2ccc3c(c2)OCO3)cc1NC(=O)c1ccccc1Cl. The first kappa shape index (κ1) is 19.8. The third-order valence-electron chi connectivity index (χ3n) is 4.61. The highest BCUT2D eigenvalue weighted by molar-refractivity contribution is 6.34. The van der Waals surface area contributed by atoms with E-state index in [9.17, 15) is 9.59 Å². The van der Waals surface area contributed by atoms with Gasteiger partial charge in [0.2, 0.25) is 6.79 Å². The minimum atomic E-state index is -0.377. The Morgan fingerprint density at radius 1 is 1.10 bits per heavy atom. The quantitative estimate of drug-likeness (QED) is 0.631. The molecule has 0 saturated heterocycles. The number of anilines is 1. The van der Waals surface area contributed by atoms with E-state index >= 15 is 0 Å². The number of carbonyl (C=O) groups is 2. The van der Waals surface area contributed by atoms with E-state index in [0.717, 1.165) is 11.3 Å². The predicted octanol–water partition coefficient (Wildman–Crippen LogP) is 3.03. The molecule has 0 saturated carbocycles. The highest BCUT2D eigenvalue weighted by Crippen LogP contribution is 2.32. The number of hydrogen-bond donors (Lipinski definition) is 2. The van der Waals surface area contributed by atoms with Crippen LogP contribution in [0.4, 0.5) is 5.82 Å². The van der Waals surface area contributed by atoms with E-state index in [0.29, 0.717) is 35.1 Å². The zero-order valence-corrected chi connectivity index (χ0v) is 16.9. The molecule has 0 fully saturated rings. The largest absolute Gasteiger partial charge is 0.454 e. The van der Waals surface area contributed by atoms with Gasteiger partial charge in [0.25, 0.3) is 11.8 Å².